The van der Waals surface area contributed by atoms with Crippen molar-refractivity contribution in [1.82, 2.24) is 14.7 Å². The normalized spacial score (nSPS) is 20.2. The molecule has 0 spiro atoms. The molecule has 1 amide bonds. The van der Waals surface area contributed by atoms with Gasteiger partial charge in [0.2, 0.25) is 5.91 Å². The molecule has 1 fully saturated rings. The molecule has 5 nitrogen and oxygen atoms in total. The minimum atomic E-state index is -4.51. The first-order valence-electron chi connectivity index (χ1n) is 7.67. The number of alkyl halides is 3. The quantitative estimate of drug-likeness (QED) is 0.839. The second kappa shape index (κ2) is 5.99. The number of hydrogen-bond donors (Lipinski definition) is 0. The molecule has 2 atom stereocenters. The molecular formula is C16H18F3N3O2. The lowest BCUT2D eigenvalue weighted by Crippen LogP contribution is -2.30. The minimum Gasteiger partial charge on any atom is -0.464 e. The fourth-order valence-corrected chi connectivity index (χ4v) is 2.58. The second-order valence-electron chi connectivity index (χ2n) is 6.27. The van der Waals surface area contributed by atoms with Crippen LogP contribution in [0.25, 0.3) is 0 Å². The highest BCUT2D eigenvalue weighted by Gasteiger charge is 2.36. The summed E-state index contributed by atoms with van der Waals surface area (Å²) >= 11 is 0. The molecule has 8 heteroatoms. The van der Waals surface area contributed by atoms with E-state index in [1.165, 1.54) is 4.90 Å². The number of carbonyl (C=O) groups is 1. The predicted molar refractivity (Wildman–Crippen MR) is 78.9 cm³/mol. The SMILES string of the molecule is C[C@H]1C[C@@H]1c1ccc(CN(C)C(=O)Cn2ccc(C(F)(F)F)n2)o1. The van der Waals surface area contributed by atoms with Gasteiger partial charge in [-0.1, -0.05) is 6.92 Å². The van der Waals surface area contributed by atoms with Crippen molar-refractivity contribution in [1.29, 1.82) is 0 Å². The predicted octanol–water partition coefficient (Wildman–Crippen LogP) is 3.28. The number of halogens is 3. The van der Waals surface area contributed by atoms with Crippen LogP contribution in [0.4, 0.5) is 13.2 Å². The third kappa shape index (κ3) is 3.63. The van der Waals surface area contributed by atoms with E-state index in [9.17, 15) is 18.0 Å². The molecular weight excluding hydrogens is 323 g/mol. The van der Waals surface area contributed by atoms with Crippen molar-refractivity contribution in [3.05, 3.63) is 41.6 Å². The van der Waals surface area contributed by atoms with Gasteiger partial charge in [-0.2, -0.15) is 18.3 Å². The van der Waals surface area contributed by atoms with E-state index in [1.54, 1.807) is 7.05 Å². The molecule has 0 unspecified atom stereocenters. The lowest BCUT2D eigenvalue weighted by Gasteiger charge is -2.15. The topological polar surface area (TPSA) is 51.3 Å². The third-order valence-electron chi connectivity index (χ3n) is 4.20. The zero-order chi connectivity index (χ0) is 17.5. The van der Waals surface area contributed by atoms with Crippen LogP contribution < -0.4 is 0 Å². The Kier molecular flexibility index (Phi) is 4.15. The number of likely N-dealkylation sites (N-methyl/N-ethyl adjacent to an activating group) is 1. The number of carbonyl (C=O) groups excluding carboxylic acids is 1. The van der Waals surface area contributed by atoms with Crippen LogP contribution in [0.15, 0.2) is 28.8 Å². The van der Waals surface area contributed by atoms with Crippen LogP contribution in [-0.2, 0) is 24.1 Å². The Balaban J connectivity index is 1.56. The molecule has 2 aromatic heterocycles. The maximum Gasteiger partial charge on any atom is 0.435 e. The summed E-state index contributed by atoms with van der Waals surface area (Å²) in [6.45, 7) is 2.18. The standard InChI is InChI=1S/C16H18F3N3O2/c1-10-7-12(10)13-4-3-11(24-13)8-21(2)15(23)9-22-6-5-14(20-22)16(17,18)19/h3-6,10,12H,7-9H2,1-2H3/t10-,12-/m0/s1. The number of rotatable bonds is 5. The number of aromatic nitrogens is 2. The van der Waals surface area contributed by atoms with Crippen LogP contribution >= 0.6 is 0 Å². The van der Waals surface area contributed by atoms with Crippen molar-refractivity contribution >= 4 is 5.91 Å². The molecule has 130 valence electrons. The summed E-state index contributed by atoms with van der Waals surface area (Å²) in [5, 5.41) is 3.38. The number of furan rings is 1. The molecule has 24 heavy (non-hydrogen) atoms. The molecule has 1 aliphatic rings. The van der Waals surface area contributed by atoms with E-state index in [0.717, 1.165) is 29.1 Å². The van der Waals surface area contributed by atoms with Gasteiger partial charge in [0.15, 0.2) is 5.69 Å². The second-order valence-corrected chi connectivity index (χ2v) is 6.27. The summed E-state index contributed by atoms with van der Waals surface area (Å²) in [6.07, 6.45) is -2.25. The van der Waals surface area contributed by atoms with Gasteiger partial charge in [-0.05, 0) is 30.5 Å². The summed E-state index contributed by atoms with van der Waals surface area (Å²) in [4.78, 5) is 13.5. The van der Waals surface area contributed by atoms with E-state index in [2.05, 4.69) is 12.0 Å². The molecule has 2 heterocycles. The summed E-state index contributed by atoms with van der Waals surface area (Å²) in [5.41, 5.74) is -1.01. The smallest absolute Gasteiger partial charge is 0.435 e. The Bertz CT molecular complexity index is 735. The molecule has 1 aliphatic carbocycles. The van der Waals surface area contributed by atoms with Crippen LogP contribution in [0.3, 0.4) is 0 Å². The Morgan fingerprint density at radius 2 is 2.12 bits per heavy atom. The van der Waals surface area contributed by atoms with Gasteiger partial charge in [-0.3, -0.25) is 9.48 Å². The first kappa shape index (κ1) is 16.6. The largest absolute Gasteiger partial charge is 0.464 e. The molecule has 0 saturated heterocycles. The lowest BCUT2D eigenvalue weighted by molar-refractivity contribution is -0.142. The van der Waals surface area contributed by atoms with Crippen molar-refractivity contribution in [2.45, 2.75) is 38.5 Å². The Morgan fingerprint density at radius 3 is 2.71 bits per heavy atom. The van der Waals surface area contributed by atoms with Gasteiger partial charge < -0.3 is 9.32 Å². The molecule has 0 bridgehead atoms. The van der Waals surface area contributed by atoms with Crippen molar-refractivity contribution in [2.75, 3.05) is 7.05 Å². The maximum absolute atomic E-state index is 12.5. The van der Waals surface area contributed by atoms with Gasteiger partial charge in [0.05, 0.1) is 6.54 Å². The minimum absolute atomic E-state index is 0.250. The van der Waals surface area contributed by atoms with Gasteiger partial charge >= 0.3 is 6.18 Å². The molecule has 0 radical (unpaired) electrons. The Labute approximate surface area is 137 Å². The maximum atomic E-state index is 12.5. The van der Waals surface area contributed by atoms with Crippen LogP contribution in [0.1, 0.15) is 36.5 Å². The monoisotopic (exact) mass is 341 g/mol. The third-order valence-corrected chi connectivity index (χ3v) is 4.20. The van der Waals surface area contributed by atoms with Crippen molar-refractivity contribution in [3.8, 4) is 0 Å². The lowest BCUT2D eigenvalue weighted by atomic mass is 10.3. The Morgan fingerprint density at radius 1 is 1.42 bits per heavy atom. The van der Waals surface area contributed by atoms with Crippen molar-refractivity contribution in [2.24, 2.45) is 5.92 Å². The average molecular weight is 341 g/mol. The van der Waals surface area contributed by atoms with Gasteiger partial charge in [0.25, 0.3) is 0 Å². The number of hydrogen-bond acceptors (Lipinski definition) is 3. The van der Waals surface area contributed by atoms with Gasteiger partial charge in [-0.25, -0.2) is 0 Å². The molecule has 0 aliphatic heterocycles. The summed E-state index contributed by atoms with van der Waals surface area (Å²) in [5.74, 6) is 2.34. The fourth-order valence-electron chi connectivity index (χ4n) is 2.58. The molecule has 0 aromatic carbocycles. The van der Waals surface area contributed by atoms with Crippen molar-refractivity contribution < 1.29 is 22.4 Å². The summed E-state index contributed by atoms with van der Waals surface area (Å²) in [6, 6.07) is 4.60. The molecule has 2 aromatic rings. The van der Waals surface area contributed by atoms with Crippen LogP contribution in [0, 0.1) is 5.92 Å². The van der Waals surface area contributed by atoms with E-state index >= 15 is 0 Å². The fraction of sp³-hybridized carbons (Fsp3) is 0.500. The summed E-state index contributed by atoms with van der Waals surface area (Å²) < 4.78 is 44.2. The Hall–Kier alpha value is -2.25. The zero-order valence-electron chi connectivity index (χ0n) is 13.4. The van der Waals surface area contributed by atoms with Gasteiger partial charge in [0.1, 0.15) is 18.1 Å². The first-order valence-corrected chi connectivity index (χ1v) is 7.67. The highest BCUT2D eigenvalue weighted by Crippen LogP contribution is 2.47. The first-order chi connectivity index (χ1) is 11.2. The van der Waals surface area contributed by atoms with E-state index in [4.69, 9.17) is 4.42 Å². The van der Waals surface area contributed by atoms with Gasteiger partial charge in [-0.15, -0.1) is 0 Å². The van der Waals surface area contributed by atoms with Crippen molar-refractivity contribution in [3.63, 3.8) is 0 Å². The van der Waals surface area contributed by atoms with Crippen LogP contribution in [0.2, 0.25) is 0 Å². The molecule has 0 N–H and O–H groups in total. The van der Waals surface area contributed by atoms with E-state index in [1.807, 2.05) is 12.1 Å². The molecule has 1 saturated carbocycles. The highest BCUT2D eigenvalue weighted by molar-refractivity contribution is 5.75. The van der Waals surface area contributed by atoms with E-state index < -0.39 is 11.9 Å². The van der Waals surface area contributed by atoms with Gasteiger partial charge in [0, 0.05) is 19.2 Å². The zero-order valence-corrected chi connectivity index (χ0v) is 13.4. The number of nitrogens with zero attached hydrogens (tertiary/aromatic N) is 3. The average Bonchev–Trinajstić information content (AvgIpc) is 2.92. The molecule has 3 rings (SSSR count). The van der Waals surface area contributed by atoms with E-state index in [-0.39, 0.29) is 19.0 Å². The van der Waals surface area contributed by atoms with Crippen LogP contribution in [-0.4, -0.2) is 27.6 Å². The highest BCUT2D eigenvalue weighted by atomic mass is 19.4. The number of amides is 1. The van der Waals surface area contributed by atoms with E-state index in [0.29, 0.717) is 17.6 Å². The van der Waals surface area contributed by atoms with Crippen LogP contribution in [0.5, 0.6) is 0 Å². The summed E-state index contributed by atoms with van der Waals surface area (Å²) in [7, 11) is 1.58.